The fourth-order valence-corrected chi connectivity index (χ4v) is 10.3. The van der Waals surface area contributed by atoms with Crippen LogP contribution in [0.5, 0.6) is 0 Å². The Kier molecular flexibility index (Phi) is 11.3. The van der Waals surface area contributed by atoms with Crippen LogP contribution in [0, 0.1) is 5.82 Å². The van der Waals surface area contributed by atoms with Crippen molar-refractivity contribution >= 4 is 63.1 Å². The summed E-state index contributed by atoms with van der Waals surface area (Å²) in [6.45, 7) is 3.71. The van der Waals surface area contributed by atoms with Gasteiger partial charge in [0.2, 0.25) is 17.7 Å². The van der Waals surface area contributed by atoms with Gasteiger partial charge in [0.15, 0.2) is 11.2 Å². The maximum Gasteiger partial charge on any atom is 0.255 e. The van der Waals surface area contributed by atoms with E-state index < -0.39 is 35.4 Å². The molecule has 15 nitrogen and oxygen atoms in total. The summed E-state index contributed by atoms with van der Waals surface area (Å²) in [4.78, 5) is 81.2. The number of rotatable bonds is 11. The number of aromatic nitrogens is 3. The van der Waals surface area contributed by atoms with Gasteiger partial charge < -0.3 is 29.5 Å². The van der Waals surface area contributed by atoms with Gasteiger partial charge in [0, 0.05) is 97.7 Å². The molecule has 5 aliphatic heterocycles. The van der Waals surface area contributed by atoms with Gasteiger partial charge in [-0.3, -0.25) is 34.6 Å². The minimum atomic E-state index is -1.59. The maximum atomic E-state index is 16.1. The molecule has 18 heteroatoms. The van der Waals surface area contributed by atoms with Crippen molar-refractivity contribution in [3.05, 3.63) is 107 Å². The summed E-state index contributed by atoms with van der Waals surface area (Å²) < 4.78 is 34.1. The third-order valence-electron chi connectivity index (χ3n) is 13.4. The molecule has 0 bridgehead atoms. The minimum Gasteiger partial charge on any atom is -0.374 e. The normalized spacial score (nSPS) is 19.8. The number of nitrogens with zero attached hydrogens (tertiary/aromatic N) is 7. The largest absolute Gasteiger partial charge is 0.374 e. The third-order valence-corrected chi connectivity index (χ3v) is 14.1. The number of hydrogen-bond donors (Lipinski definition) is 3. The molecule has 3 N–H and O–H groups in total. The standard InChI is InChI=1S/C47H48F2N10O5S/c48-36-25-30(24-34-35(36)27-59(45(34)64)42(44(63)54-46-50-15-23-65-46)41-38-2-1-16-58(38)28-51-41)29-3-7-32(8-4-29)56-19-21-57(22-20-56)40(61)26-47(49)13-17-55(18-14-47)33-9-5-31(6-10-33)52-37-11-12-39(60)53-43(37)62/h3-10,15,23-25,28,37,42,52H,1-2,11-14,16-22,26-27H2,(H,50,54,63)(H,53,60,62)/t37-,42?/m0/s1. The summed E-state index contributed by atoms with van der Waals surface area (Å²) in [6.07, 6.45) is 5.95. The van der Waals surface area contributed by atoms with E-state index in [1.165, 1.54) is 22.3 Å². The van der Waals surface area contributed by atoms with Crippen LogP contribution < -0.4 is 25.8 Å². The number of alkyl halides is 1. The molecule has 2 atom stereocenters. The number of fused-ring (bicyclic) bond motifs is 2. The highest BCUT2D eigenvalue weighted by molar-refractivity contribution is 7.13. The molecule has 3 aromatic carbocycles. The summed E-state index contributed by atoms with van der Waals surface area (Å²) in [6, 6.07) is 16.8. The number of piperazine rings is 1. The molecule has 10 rings (SSSR count). The van der Waals surface area contributed by atoms with E-state index >= 15 is 8.78 Å². The number of halogens is 2. The van der Waals surface area contributed by atoms with Crippen LogP contribution in [0.3, 0.4) is 0 Å². The van der Waals surface area contributed by atoms with Gasteiger partial charge in [-0.2, -0.15) is 0 Å². The van der Waals surface area contributed by atoms with E-state index in [2.05, 4.69) is 35.7 Å². The minimum absolute atomic E-state index is 0.0771. The lowest BCUT2D eigenvalue weighted by Crippen LogP contribution is -2.51. The van der Waals surface area contributed by atoms with E-state index in [0.717, 1.165) is 47.7 Å². The molecule has 0 aliphatic carbocycles. The number of piperidine rings is 2. The fraction of sp³-hybridized carbons (Fsp3) is 0.383. The Morgan fingerprint density at radius 1 is 0.877 bits per heavy atom. The average molecular weight is 903 g/mol. The number of nitrogens with one attached hydrogen (secondary N) is 3. The lowest BCUT2D eigenvalue weighted by Gasteiger charge is -2.40. The van der Waals surface area contributed by atoms with Crippen molar-refractivity contribution in [1.29, 1.82) is 0 Å². The quantitative estimate of drug-likeness (QED) is 0.140. The van der Waals surface area contributed by atoms with E-state index in [0.29, 0.717) is 68.5 Å². The summed E-state index contributed by atoms with van der Waals surface area (Å²) in [5.74, 6) is -2.21. The first-order valence-electron chi connectivity index (χ1n) is 22.1. The van der Waals surface area contributed by atoms with Gasteiger partial charge in [-0.1, -0.05) is 12.1 Å². The highest BCUT2D eigenvalue weighted by Crippen LogP contribution is 2.39. The van der Waals surface area contributed by atoms with E-state index in [-0.39, 0.29) is 54.7 Å². The smallest absolute Gasteiger partial charge is 0.255 e. The van der Waals surface area contributed by atoms with Crippen molar-refractivity contribution in [2.75, 3.05) is 59.7 Å². The topological polar surface area (TPSA) is 165 Å². The Labute approximate surface area is 377 Å². The first kappa shape index (κ1) is 42.3. The van der Waals surface area contributed by atoms with Gasteiger partial charge in [-0.05, 0) is 91.8 Å². The Morgan fingerprint density at radius 3 is 2.31 bits per heavy atom. The Balaban J connectivity index is 0.731. The molecule has 3 saturated heterocycles. The summed E-state index contributed by atoms with van der Waals surface area (Å²) >= 11 is 1.27. The van der Waals surface area contributed by atoms with Gasteiger partial charge in [0.25, 0.3) is 11.8 Å². The van der Waals surface area contributed by atoms with Crippen LogP contribution in [0.2, 0.25) is 0 Å². The molecule has 5 aromatic rings. The average Bonchev–Trinajstić information content (AvgIpc) is 4.14. The van der Waals surface area contributed by atoms with Crippen molar-refractivity contribution in [2.45, 2.75) is 75.8 Å². The van der Waals surface area contributed by atoms with Crippen LogP contribution in [0.15, 0.2) is 78.6 Å². The van der Waals surface area contributed by atoms with Crippen molar-refractivity contribution in [3.8, 4) is 11.1 Å². The Bertz CT molecular complexity index is 2640. The second kappa shape index (κ2) is 17.4. The predicted octanol–water partition coefficient (Wildman–Crippen LogP) is 5.69. The van der Waals surface area contributed by atoms with E-state index in [4.69, 9.17) is 0 Å². The number of imidazole rings is 1. The van der Waals surface area contributed by atoms with Crippen molar-refractivity contribution in [3.63, 3.8) is 0 Å². The molecule has 336 valence electrons. The van der Waals surface area contributed by atoms with E-state index in [1.807, 2.05) is 53.1 Å². The fourth-order valence-electron chi connectivity index (χ4n) is 9.77. The number of carbonyl (C=O) groups excluding carboxylic acids is 5. The van der Waals surface area contributed by atoms with Gasteiger partial charge in [0.1, 0.15) is 17.5 Å². The van der Waals surface area contributed by atoms with Crippen molar-refractivity contribution < 1.29 is 32.8 Å². The zero-order chi connectivity index (χ0) is 44.8. The summed E-state index contributed by atoms with van der Waals surface area (Å²) in [5, 5.41) is 10.5. The van der Waals surface area contributed by atoms with Crippen LogP contribution in [-0.4, -0.2) is 105 Å². The first-order chi connectivity index (χ1) is 31.5. The van der Waals surface area contributed by atoms with Crippen LogP contribution in [0.1, 0.15) is 71.9 Å². The maximum absolute atomic E-state index is 16.1. The third kappa shape index (κ3) is 8.54. The van der Waals surface area contributed by atoms with Gasteiger partial charge in [0.05, 0.1) is 25.0 Å². The molecule has 2 aromatic heterocycles. The molecular formula is C47H48F2N10O5S. The number of aryl methyl sites for hydroxylation is 1. The van der Waals surface area contributed by atoms with Gasteiger partial charge >= 0.3 is 0 Å². The van der Waals surface area contributed by atoms with E-state index in [9.17, 15) is 24.0 Å². The molecule has 65 heavy (non-hydrogen) atoms. The summed E-state index contributed by atoms with van der Waals surface area (Å²) in [5.41, 5.74) is 4.13. The zero-order valence-corrected chi connectivity index (χ0v) is 36.4. The number of hydrogen-bond acceptors (Lipinski definition) is 11. The number of benzene rings is 3. The molecule has 5 amide bonds. The lowest BCUT2D eigenvalue weighted by molar-refractivity contribution is -0.135. The second-order valence-electron chi connectivity index (χ2n) is 17.4. The second-order valence-corrected chi connectivity index (χ2v) is 18.3. The number of thiazole rings is 1. The lowest BCUT2D eigenvalue weighted by atomic mass is 9.89. The highest BCUT2D eigenvalue weighted by Gasteiger charge is 2.43. The Hall–Kier alpha value is -6.69. The molecule has 3 fully saturated rings. The van der Waals surface area contributed by atoms with E-state index in [1.54, 1.807) is 28.9 Å². The monoisotopic (exact) mass is 902 g/mol. The SMILES string of the molecule is O=C1CC[C@H](Nc2ccc(N3CCC(F)(CC(=O)N4CCN(c5ccc(-c6cc(F)c7c(c6)C(=O)N(C(C(=O)Nc6nccs6)c6ncn8c6CCC8)C7)cc5)CC4)CC3)cc2)C(=O)N1. The molecule has 1 unspecified atom stereocenters. The molecule has 0 saturated carbocycles. The first-order valence-corrected chi connectivity index (χ1v) is 23.0. The predicted molar refractivity (Wildman–Crippen MR) is 241 cm³/mol. The molecule has 7 heterocycles. The Morgan fingerprint density at radius 2 is 1.60 bits per heavy atom. The van der Waals surface area contributed by atoms with Crippen molar-refractivity contribution in [2.24, 2.45) is 0 Å². The number of amides is 5. The highest BCUT2D eigenvalue weighted by atomic mass is 32.1. The molecule has 0 radical (unpaired) electrons. The van der Waals surface area contributed by atoms with Gasteiger partial charge in [-0.25, -0.2) is 18.7 Å². The van der Waals surface area contributed by atoms with Crippen LogP contribution in [0.25, 0.3) is 11.1 Å². The molecule has 5 aliphatic rings. The zero-order valence-electron chi connectivity index (χ0n) is 35.6. The summed E-state index contributed by atoms with van der Waals surface area (Å²) in [7, 11) is 0. The van der Waals surface area contributed by atoms with Gasteiger partial charge in [-0.15, -0.1) is 11.3 Å². The number of carbonyl (C=O) groups is 5. The number of imide groups is 1. The van der Waals surface area contributed by atoms with Crippen molar-refractivity contribution in [1.82, 2.24) is 29.7 Å². The molecular weight excluding hydrogens is 855 g/mol. The molecule has 0 spiro atoms. The van der Waals surface area contributed by atoms with Crippen LogP contribution in [-0.2, 0) is 38.7 Å². The van der Waals surface area contributed by atoms with Crippen LogP contribution in [0.4, 0.5) is 31.0 Å². The van der Waals surface area contributed by atoms with Crippen LogP contribution >= 0.6 is 11.3 Å². The number of anilines is 4.